The number of carbonyl (C=O) groups excluding carboxylic acids is 2. The number of ether oxygens (including phenoxy) is 2. The van der Waals surface area contributed by atoms with Crippen molar-refractivity contribution in [2.24, 2.45) is 0 Å². The van der Waals surface area contributed by atoms with Crippen LogP contribution < -0.4 is 0 Å². The molecule has 1 atom stereocenters. The van der Waals surface area contributed by atoms with Gasteiger partial charge in [0.15, 0.2) is 14.6 Å². The van der Waals surface area contributed by atoms with Gasteiger partial charge in [-0.2, -0.15) is 0 Å². The molecule has 0 aliphatic carbocycles. The SMILES string of the molecule is CCC(C)(C(=O)OCCOC(=O)c1ccc(C(C)(C)OO)cc1)S(=O)(=O)CCO. The second kappa shape index (κ2) is 10.1. The van der Waals surface area contributed by atoms with Gasteiger partial charge in [-0.25, -0.2) is 18.1 Å². The summed E-state index contributed by atoms with van der Waals surface area (Å²) < 4.78 is 32.6. The Bertz CT molecular complexity index is 799. The van der Waals surface area contributed by atoms with Gasteiger partial charge in [0.25, 0.3) is 0 Å². The molecule has 1 unspecified atom stereocenters. The average Bonchev–Trinajstić information content (AvgIpc) is 2.69. The molecule has 1 aromatic rings. The van der Waals surface area contributed by atoms with Gasteiger partial charge in [0.05, 0.1) is 17.9 Å². The molecule has 0 saturated heterocycles. The first-order valence-electron chi connectivity index (χ1n) is 9.05. The van der Waals surface area contributed by atoms with Gasteiger partial charge in [-0.05, 0) is 44.9 Å². The number of carbonyl (C=O) groups is 2. The molecule has 164 valence electrons. The number of benzene rings is 1. The minimum Gasteiger partial charge on any atom is -0.461 e. The van der Waals surface area contributed by atoms with Gasteiger partial charge in [-0.3, -0.25) is 10.1 Å². The summed E-state index contributed by atoms with van der Waals surface area (Å²) in [5, 5.41) is 17.8. The minimum absolute atomic E-state index is 0.0196. The van der Waals surface area contributed by atoms with Gasteiger partial charge in [0.2, 0.25) is 0 Å². The van der Waals surface area contributed by atoms with E-state index in [0.717, 1.165) is 0 Å². The molecule has 0 bridgehead atoms. The largest absolute Gasteiger partial charge is 0.461 e. The number of aliphatic hydroxyl groups is 1. The highest BCUT2D eigenvalue weighted by atomic mass is 32.2. The van der Waals surface area contributed by atoms with E-state index in [9.17, 15) is 18.0 Å². The molecule has 0 saturated carbocycles. The second-order valence-corrected chi connectivity index (χ2v) is 9.62. The van der Waals surface area contributed by atoms with E-state index in [2.05, 4.69) is 4.89 Å². The lowest BCUT2D eigenvalue weighted by atomic mass is 9.97. The summed E-state index contributed by atoms with van der Waals surface area (Å²) in [4.78, 5) is 28.7. The van der Waals surface area contributed by atoms with Crippen LogP contribution in [0.2, 0.25) is 0 Å². The van der Waals surface area contributed by atoms with Crippen LogP contribution in [-0.2, 0) is 34.6 Å². The summed E-state index contributed by atoms with van der Waals surface area (Å²) in [5.41, 5.74) is -0.0370. The molecule has 0 aromatic heterocycles. The van der Waals surface area contributed by atoms with Gasteiger partial charge in [-0.15, -0.1) is 0 Å². The maximum atomic E-state index is 12.2. The molecule has 10 heteroatoms. The molecule has 29 heavy (non-hydrogen) atoms. The predicted octanol–water partition coefficient (Wildman–Crippen LogP) is 1.69. The smallest absolute Gasteiger partial charge is 0.338 e. The standard InChI is InChI=1S/C19H28O9S/c1-5-19(4,29(24,25)13-10-20)17(22)27-12-11-26-16(21)14-6-8-15(9-7-14)18(2,3)28-23/h6-9,20,23H,5,10-13H2,1-4H3. The Labute approximate surface area is 170 Å². The van der Waals surface area contributed by atoms with E-state index >= 15 is 0 Å². The first-order valence-corrected chi connectivity index (χ1v) is 10.7. The van der Waals surface area contributed by atoms with Gasteiger partial charge in [0.1, 0.15) is 18.8 Å². The van der Waals surface area contributed by atoms with Crippen molar-refractivity contribution in [1.29, 1.82) is 0 Å². The predicted molar refractivity (Wildman–Crippen MR) is 104 cm³/mol. The zero-order chi connectivity index (χ0) is 22.3. The van der Waals surface area contributed by atoms with Crippen molar-refractivity contribution >= 4 is 21.8 Å². The summed E-state index contributed by atoms with van der Waals surface area (Å²) >= 11 is 0. The van der Waals surface area contributed by atoms with Gasteiger partial charge >= 0.3 is 11.9 Å². The summed E-state index contributed by atoms with van der Waals surface area (Å²) in [5.74, 6) is -2.16. The molecule has 0 heterocycles. The zero-order valence-corrected chi connectivity index (χ0v) is 17.8. The van der Waals surface area contributed by atoms with Crippen LogP contribution in [0.15, 0.2) is 24.3 Å². The third-order valence-electron chi connectivity index (χ3n) is 4.75. The average molecular weight is 432 g/mol. The lowest BCUT2D eigenvalue weighted by molar-refractivity contribution is -0.318. The Morgan fingerprint density at radius 2 is 1.59 bits per heavy atom. The fraction of sp³-hybridized carbons (Fsp3) is 0.579. The highest BCUT2D eigenvalue weighted by molar-refractivity contribution is 7.93. The Morgan fingerprint density at radius 1 is 1.03 bits per heavy atom. The van der Waals surface area contributed by atoms with Crippen LogP contribution in [0.4, 0.5) is 0 Å². The van der Waals surface area contributed by atoms with E-state index in [-0.39, 0.29) is 25.2 Å². The van der Waals surface area contributed by atoms with Crippen molar-refractivity contribution in [2.75, 3.05) is 25.6 Å². The van der Waals surface area contributed by atoms with Crippen molar-refractivity contribution in [2.45, 2.75) is 44.5 Å². The van der Waals surface area contributed by atoms with Crippen molar-refractivity contribution in [3.8, 4) is 0 Å². The second-order valence-electron chi connectivity index (χ2n) is 7.08. The topological polar surface area (TPSA) is 136 Å². The van der Waals surface area contributed by atoms with E-state index < -0.39 is 44.5 Å². The molecule has 0 fully saturated rings. The van der Waals surface area contributed by atoms with Crippen LogP contribution in [0.5, 0.6) is 0 Å². The van der Waals surface area contributed by atoms with Crippen molar-refractivity contribution in [3.05, 3.63) is 35.4 Å². The molecule has 1 aromatic carbocycles. The fourth-order valence-corrected chi connectivity index (χ4v) is 3.85. The summed E-state index contributed by atoms with van der Waals surface area (Å²) in [7, 11) is -3.90. The van der Waals surface area contributed by atoms with Gasteiger partial charge in [-0.1, -0.05) is 19.1 Å². The molecule has 0 amide bonds. The third-order valence-corrected chi connectivity index (χ3v) is 7.29. The number of rotatable bonds is 11. The first-order chi connectivity index (χ1) is 13.4. The van der Waals surface area contributed by atoms with Gasteiger partial charge in [0, 0.05) is 0 Å². The van der Waals surface area contributed by atoms with Crippen molar-refractivity contribution in [3.63, 3.8) is 0 Å². The fourth-order valence-electron chi connectivity index (χ4n) is 2.40. The Balaban J connectivity index is 2.61. The minimum atomic E-state index is -3.90. The van der Waals surface area contributed by atoms with E-state index in [1.165, 1.54) is 26.0 Å². The van der Waals surface area contributed by atoms with Crippen molar-refractivity contribution in [1.82, 2.24) is 0 Å². The normalized spacial score (nSPS) is 14.1. The van der Waals surface area contributed by atoms with Crippen LogP contribution in [0.25, 0.3) is 0 Å². The van der Waals surface area contributed by atoms with E-state index in [1.54, 1.807) is 26.0 Å². The van der Waals surface area contributed by atoms with E-state index in [4.69, 9.17) is 19.8 Å². The van der Waals surface area contributed by atoms with Crippen LogP contribution in [0, 0.1) is 0 Å². The monoisotopic (exact) mass is 432 g/mol. The summed E-state index contributed by atoms with van der Waals surface area (Å²) in [6.07, 6.45) is -0.0196. The number of aliphatic hydroxyl groups excluding tert-OH is 1. The number of hydrogen-bond acceptors (Lipinski definition) is 9. The van der Waals surface area contributed by atoms with Crippen LogP contribution >= 0.6 is 0 Å². The number of sulfone groups is 1. The first kappa shape index (κ1) is 25.0. The highest BCUT2D eigenvalue weighted by Gasteiger charge is 2.45. The lowest BCUT2D eigenvalue weighted by Gasteiger charge is -2.25. The third kappa shape index (κ3) is 5.99. The van der Waals surface area contributed by atoms with E-state index in [0.29, 0.717) is 5.56 Å². The molecular weight excluding hydrogens is 404 g/mol. The van der Waals surface area contributed by atoms with Crippen molar-refractivity contribution < 1.29 is 42.7 Å². The molecule has 1 rings (SSSR count). The maximum Gasteiger partial charge on any atom is 0.338 e. The molecule has 0 aliphatic heterocycles. The summed E-state index contributed by atoms with van der Waals surface area (Å²) in [6.45, 7) is 4.92. The lowest BCUT2D eigenvalue weighted by Crippen LogP contribution is -2.46. The van der Waals surface area contributed by atoms with Gasteiger partial charge < -0.3 is 14.6 Å². The molecule has 0 radical (unpaired) electrons. The molecular formula is C19H28O9S. The molecule has 0 aliphatic rings. The highest BCUT2D eigenvalue weighted by Crippen LogP contribution is 2.25. The Morgan fingerprint density at radius 3 is 2.07 bits per heavy atom. The molecule has 0 spiro atoms. The van der Waals surface area contributed by atoms with E-state index in [1.807, 2.05) is 0 Å². The van der Waals surface area contributed by atoms with Crippen LogP contribution in [0.3, 0.4) is 0 Å². The molecule has 2 N–H and O–H groups in total. The Kier molecular flexibility index (Phi) is 8.76. The van der Waals surface area contributed by atoms with Crippen LogP contribution in [0.1, 0.15) is 50.0 Å². The van der Waals surface area contributed by atoms with Crippen LogP contribution in [-0.4, -0.2) is 61.0 Å². The quantitative estimate of drug-likeness (QED) is 0.232. The Hall–Kier alpha value is -2.01. The number of esters is 2. The molecule has 9 nitrogen and oxygen atoms in total. The maximum absolute atomic E-state index is 12.2. The number of hydrogen-bond donors (Lipinski definition) is 2. The zero-order valence-electron chi connectivity index (χ0n) is 17.0. The summed E-state index contributed by atoms with van der Waals surface area (Å²) in [6, 6.07) is 6.21.